The maximum absolute atomic E-state index is 11.3. The number of carbonyl (C=O) groups excluding carboxylic acids is 1. The first kappa shape index (κ1) is 12.3. The van der Waals surface area contributed by atoms with E-state index in [2.05, 4.69) is 10.6 Å². The second-order valence-electron chi connectivity index (χ2n) is 4.70. The highest BCUT2D eigenvalue weighted by Crippen LogP contribution is 2.00. The molecule has 5 nitrogen and oxygen atoms in total. The third-order valence-electron chi connectivity index (χ3n) is 1.89. The summed E-state index contributed by atoms with van der Waals surface area (Å²) in [5, 5.41) is 5.94. The molecule has 88 valence electrons. The van der Waals surface area contributed by atoms with Gasteiger partial charge in [-0.05, 0) is 20.8 Å². The molecule has 1 fully saturated rings. The lowest BCUT2D eigenvalue weighted by molar-refractivity contribution is 0.0455. The van der Waals surface area contributed by atoms with Crippen LogP contribution in [-0.4, -0.2) is 44.0 Å². The summed E-state index contributed by atoms with van der Waals surface area (Å²) < 4.78 is 10.3. The van der Waals surface area contributed by atoms with E-state index in [0.717, 1.165) is 13.2 Å². The van der Waals surface area contributed by atoms with Crippen LogP contribution < -0.4 is 10.6 Å². The molecule has 1 heterocycles. The van der Waals surface area contributed by atoms with Crippen molar-refractivity contribution in [2.45, 2.75) is 32.4 Å². The summed E-state index contributed by atoms with van der Waals surface area (Å²) in [5.41, 5.74) is -0.256. The SMILES string of the molecule is CC(C)(C)NC(=O)OC[C@@H]1COCCN1. The van der Waals surface area contributed by atoms with Crippen LogP contribution in [0.5, 0.6) is 0 Å². The van der Waals surface area contributed by atoms with Crippen molar-refractivity contribution in [2.75, 3.05) is 26.4 Å². The number of ether oxygens (including phenoxy) is 2. The van der Waals surface area contributed by atoms with Crippen LogP contribution in [0, 0.1) is 0 Å². The lowest BCUT2D eigenvalue weighted by Gasteiger charge is -2.25. The van der Waals surface area contributed by atoms with E-state index >= 15 is 0 Å². The van der Waals surface area contributed by atoms with E-state index in [1.807, 2.05) is 20.8 Å². The van der Waals surface area contributed by atoms with Crippen LogP contribution in [0.1, 0.15) is 20.8 Å². The van der Waals surface area contributed by atoms with Crippen LogP contribution in [0.4, 0.5) is 4.79 Å². The zero-order valence-electron chi connectivity index (χ0n) is 9.63. The fourth-order valence-electron chi connectivity index (χ4n) is 1.25. The number of hydrogen-bond acceptors (Lipinski definition) is 4. The largest absolute Gasteiger partial charge is 0.448 e. The molecule has 0 bridgehead atoms. The highest BCUT2D eigenvalue weighted by molar-refractivity contribution is 5.68. The van der Waals surface area contributed by atoms with Crippen molar-refractivity contribution in [1.82, 2.24) is 10.6 Å². The molecule has 1 aliphatic rings. The molecule has 0 aromatic rings. The Labute approximate surface area is 90.5 Å². The van der Waals surface area contributed by atoms with Crippen LogP contribution in [-0.2, 0) is 9.47 Å². The maximum atomic E-state index is 11.3. The van der Waals surface area contributed by atoms with Crippen LogP contribution in [0.3, 0.4) is 0 Å². The van der Waals surface area contributed by atoms with E-state index in [-0.39, 0.29) is 17.7 Å². The normalized spacial score (nSPS) is 22.2. The predicted octanol–water partition coefficient (Wildman–Crippen LogP) is 0.500. The van der Waals surface area contributed by atoms with Crippen molar-refractivity contribution in [1.29, 1.82) is 0 Å². The van der Waals surface area contributed by atoms with Gasteiger partial charge in [0.2, 0.25) is 0 Å². The molecule has 2 N–H and O–H groups in total. The highest BCUT2D eigenvalue weighted by atomic mass is 16.6. The molecule has 1 atom stereocenters. The standard InChI is InChI=1S/C10H20N2O3/c1-10(2,3)12-9(13)15-7-8-6-14-5-4-11-8/h8,11H,4-7H2,1-3H3,(H,12,13)/t8-/m0/s1. The first-order chi connectivity index (χ1) is 6.97. The first-order valence-corrected chi connectivity index (χ1v) is 5.23. The van der Waals surface area contributed by atoms with E-state index in [9.17, 15) is 4.79 Å². The van der Waals surface area contributed by atoms with Crippen molar-refractivity contribution in [3.63, 3.8) is 0 Å². The summed E-state index contributed by atoms with van der Waals surface area (Å²) in [6.45, 7) is 8.23. The van der Waals surface area contributed by atoms with Gasteiger partial charge in [0.15, 0.2) is 0 Å². The second-order valence-corrected chi connectivity index (χ2v) is 4.70. The Bertz CT molecular complexity index is 207. The fourth-order valence-corrected chi connectivity index (χ4v) is 1.25. The zero-order valence-corrected chi connectivity index (χ0v) is 9.63. The molecular weight excluding hydrogens is 196 g/mol. The molecule has 1 amide bonds. The minimum atomic E-state index is -0.380. The van der Waals surface area contributed by atoms with Gasteiger partial charge < -0.3 is 20.1 Å². The minimum absolute atomic E-state index is 0.115. The topological polar surface area (TPSA) is 59.6 Å². The van der Waals surface area contributed by atoms with Gasteiger partial charge >= 0.3 is 6.09 Å². The van der Waals surface area contributed by atoms with E-state index in [1.165, 1.54) is 0 Å². The van der Waals surface area contributed by atoms with Gasteiger partial charge in [-0.1, -0.05) is 0 Å². The molecule has 0 unspecified atom stereocenters. The Morgan fingerprint density at radius 1 is 1.60 bits per heavy atom. The summed E-state index contributed by atoms with van der Waals surface area (Å²) >= 11 is 0. The second kappa shape index (κ2) is 5.32. The van der Waals surface area contributed by atoms with Gasteiger partial charge in [0.25, 0.3) is 0 Å². The number of nitrogens with one attached hydrogen (secondary N) is 2. The molecule has 0 aromatic carbocycles. The van der Waals surface area contributed by atoms with Gasteiger partial charge in [0, 0.05) is 12.1 Å². The lowest BCUT2D eigenvalue weighted by Crippen LogP contribution is -2.47. The van der Waals surface area contributed by atoms with Gasteiger partial charge in [-0.15, -0.1) is 0 Å². The number of hydrogen-bond donors (Lipinski definition) is 2. The Hall–Kier alpha value is -0.810. The number of amides is 1. The minimum Gasteiger partial charge on any atom is -0.448 e. The number of carbonyl (C=O) groups is 1. The van der Waals surface area contributed by atoms with Crippen molar-refractivity contribution in [3.05, 3.63) is 0 Å². The third-order valence-corrected chi connectivity index (χ3v) is 1.89. The average Bonchev–Trinajstić information content (AvgIpc) is 2.14. The van der Waals surface area contributed by atoms with E-state index in [4.69, 9.17) is 9.47 Å². The number of morpholine rings is 1. The van der Waals surface area contributed by atoms with Crippen molar-refractivity contribution < 1.29 is 14.3 Å². The van der Waals surface area contributed by atoms with Crippen molar-refractivity contribution >= 4 is 6.09 Å². The van der Waals surface area contributed by atoms with Crippen molar-refractivity contribution in [2.24, 2.45) is 0 Å². The fraction of sp³-hybridized carbons (Fsp3) is 0.900. The van der Waals surface area contributed by atoms with Crippen LogP contribution >= 0.6 is 0 Å². The molecule has 0 spiro atoms. The smallest absolute Gasteiger partial charge is 0.407 e. The lowest BCUT2D eigenvalue weighted by atomic mass is 10.1. The molecule has 0 radical (unpaired) electrons. The summed E-state index contributed by atoms with van der Waals surface area (Å²) in [5.74, 6) is 0. The van der Waals surface area contributed by atoms with Crippen LogP contribution in [0.2, 0.25) is 0 Å². The Morgan fingerprint density at radius 2 is 2.33 bits per heavy atom. The maximum Gasteiger partial charge on any atom is 0.407 e. The van der Waals surface area contributed by atoms with E-state index in [0.29, 0.717) is 13.2 Å². The Balaban J connectivity index is 2.15. The summed E-state index contributed by atoms with van der Waals surface area (Å²) in [7, 11) is 0. The zero-order chi connectivity index (χ0) is 11.3. The van der Waals surface area contributed by atoms with Crippen LogP contribution in [0.25, 0.3) is 0 Å². The molecule has 0 saturated carbocycles. The molecular formula is C10H20N2O3. The number of alkyl carbamates (subject to hydrolysis) is 1. The monoisotopic (exact) mass is 216 g/mol. The molecule has 15 heavy (non-hydrogen) atoms. The van der Waals surface area contributed by atoms with E-state index in [1.54, 1.807) is 0 Å². The van der Waals surface area contributed by atoms with Crippen molar-refractivity contribution in [3.8, 4) is 0 Å². The third kappa shape index (κ3) is 5.59. The summed E-state index contributed by atoms with van der Waals surface area (Å²) in [4.78, 5) is 11.3. The molecule has 1 rings (SSSR count). The molecule has 1 aliphatic heterocycles. The van der Waals surface area contributed by atoms with Gasteiger partial charge in [-0.25, -0.2) is 4.79 Å². The molecule has 0 aromatic heterocycles. The predicted molar refractivity (Wildman–Crippen MR) is 56.8 cm³/mol. The summed E-state index contributed by atoms with van der Waals surface area (Å²) in [6.07, 6.45) is -0.380. The molecule has 0 aliphatic carbocycles. The van der Waals surface area contributed by atoms with E-state index < -0.39 is 0 Å². The van der Waals surface area contributed by atoms with Gasteiger partial charge in [-0.2, -0.15) is 0 Å². The molecule has 1 saturated heterocycles. The van der Waals surface area contributed by atoms with Gasteiger partial charge in [0.05, 0.1) is 19.3 Å². The Kier molecular flexibility index (Phi) is 4.35. The van der Waals surface area contributed by atoms with Gasteiger partial charge in [0.1, 0.15) is 6.61 Å². The quantitative estimate of drug-likeness (QED) is 0.705. The first-order valence-electron chi connectivity index (χ1n) is 5.23. The van der Waals surface area contributed by atoms with Crippen LogP contribution in [0.15, 0.2) is 0 Å². The Morgan fingerprint density at radius 3 is 2.87 bits per heavy atom. The number of rotatable bonds is 2. The van der Waals surface area contributed by atoms with Gasteiger partial charge in [-0.3, -0.25) is 0 Å². The summed E-state index contributed by atoms with van der Waals surface area (Å²) in [6, 6.07) is 0.115. The highest BCUT2D eigenvalue weighted by Gasteiger charge is 2.18. The molecule has 5 heteroatoms. The average molecular weight is 216 g/mol.